The second-order valence-electron chi connectivity index (χ2n) is 12.2. The minimum Gasteiger partial charge on any atom is -0.376 e. The molecule has 0 radical (unpaired) electrons. The Morgan fingerprint density at radius 3 is 1.60 bits per heavy atom. The predicted octanol–water partition coefficient (Wildman–Crippen LogP) is 6.68. The first-order valence-corrected chi connectivity index (χ1v) is 17.9. The molecule has 4 amide bonds. The van der Waals surface area contributed by atoms with E-state index >= 15 is 0 Å². The Morgan fingerprint density at radius 1 is 0.622 bits per heavy atom. The number of benzene rings is 2. The van der Waals surface area contributed by atoms with E-state index in [2.05, 4.69) is 31.9 Å². The van der Waals surface area contributed by atoms with Crippen molar-refractivity contribution in [2.75, 3.05) is 25.0 Å². The van der Waals surface area contributed by atoms with Gasteiger partial charge in [-0.1, -0.05) is 98.0 Å². The van der Waals surface area contributed by atoms with E-state index in [9.17, 15) is 19.2 Å². The highest BCUT2D eigenvalue weighted by molar-refractivity contribution is 9.09. The Balaban J connectivity index is 0.000000210. The molecule has 0 spiro atoms. The number of alkyl halides is 1. The van der Waals surface area contributed by atoms with E-state index < -0.39 is 0 Å². The molecule has 1 unspecified atom stereocenters. The van der Waals surface area contributed by atoms with E-state index in [1.54, 1.807) is 12.1 Å². The monoisotopic (exact) mass is 681 g/mol. The molecule has 3 N–H and O–H groups in total. The van der Waals surface area contributed by atoms with Crippen LogP contribution in [-0.4, -0.2) is 54.8 Å². The maximum atomic E-state index is 11.9. The van der Waals surface area contributed by atoms with Crippen LogP contribution in [0, 0.1) is 0 Å². The fourth-order valence-corrected chi connectivity index (χ4v) is 6.71. The van der Waals surface area contributed by atoms with Crippen molar-refractivity contribution >= 4 is 39.6 Å². The molecule has 1 saturated heterocycles. The predicted molar refractivity (Wildman–Crippen MR) is 180 cm³/mol. The Kier molecular flexibility index (Phi) is 14.7. The normalized spacial score (nSPS) is 17.0. The van der Waals surface area contributed by atoms with E-state index in [0.29, 0.717) is 28.4 Å². The van der Waals surface area contributed by atoms with Crippen LogP contribution >= 0.6 is 15.9 Å². The third kappa shape index (κ3) is 10.6. The van der Waals surface area contributed by atoms with Crippen LogP contribution in [0.4, 0.5) is 0 Å². The van der Waals surface area contributed by atoms with Gasteiger partial charge in [0.05, 0.1) is 35.0 Å². The van der Waals surface area contributed by atoms with Gasteiger partial charge in [-0.05, 0) is 61.8 Å². The summed E-state index contributed by atoms with van der Waals surface area (Å²) in [6, 6.07) is 11.1. The Labute approximate surface area is 276 Å². The van der Waals surface area contributed by atoms with Crippen LogP contribution in [0.5, 0.6) is 0 Å². The van der Waals surface area contributed by atoms with Gasteiger partial charge in [-0.15, -0.1) is 0 Å². The minimum absolute atomic E-state index is 0.238. The van der Waals surface area contributed by atoms with E-state index in [0.717, 1.165) is 68.3 Å². The van der Waals surface area contributed by atoms with Crippen molar-refractivity contribution in [3.63, 3.8) is 0 Å². The lowest BCUT2D eigenvalue weighted by atomic mass is 9.97. The molecule has 244 valence electrons. The lowest BCUT2D eigenvalue weighted by molar-refractivity contribution is 0.0220. The molecular formula is C36H48BrN3O5. The lowest BCUT2D eigenvalue weighted by Crippen LogP contribution is -2.38. The number of fused-ring (bicyclic) bond motifs is 2. The number of rotatable bonds is 17. The van der Waals surface area contributed by atoms with E-state index in [4.69, 9.17) is 4.74 Å². The van der Waals surface area contributed by atoms with E-state index in [-0.39, 0.29) is 23.6 Å². The fraction of sp³-hybridized carbons (Fsp3) is 0.556. The lowest BCUT2D eigenvalue weighted by Gasteiger charge is -2.23. The summed E-state index contributed by atoms with van der Waals surface area (Å²) in [6.07, 6.45) is 17.8. The first-order valence-electron chi connectivity index (χ1n) is 16.8. The Hall–Kier alpha value is -2.88. The van der Waals surface area contributed by atoms with Crippen molar-refractivity contribution in [3.05, 3.63) is 69.8 Å². The van der Waals surface area contributed by atoms with Gasteiger partial charge in [-0.2, -0.15) is 0 Å². The van der Waals surface area contributed by atoms with Crippen molar-refractivity contribution in [2.45, 2.75) is 102 Å². The number of carbonyl (C=O) groups is 4. The summed E-state index contributed by atoms with van der Waals surface area (Å²) >= 11 is 3.44. The largest absolute Gasteiger partial charge is 0.376 e. The second-order valence-corrected chi connectivity index (χ2v) is 13.0. The summed E-state index contributed by atoms with van der Waals surface area (Å²) in [5.74, 6) is -1.01. The van der Waals surface area contributed by atoms with Crippen LogP contribution in [0.1, 0.15) is 136 Å². The molecule has 0 aromatic heterocycles. The zero-order chi connectivity index (χ0) is 31.9. The molecule has 2 aromatic carbocycles. The van der Waals surface area contributed by atoms with Crippen LogP contribution in [0.3, 0.4) is 0 Å². The summed E-state index contributed by atoms with van der Waals surface area (Å²) in [6.45, 7) is 2.83. The summed E-state index contributed by atoms with van der Waals surface area (Å²) in [5.41, 5.74) is 4.26. The van der Waals surface area contributed by atoms with E-state index in [1.807, 2.05) is 24.3 Å². The average Bonchev–Trinajstić information content (AvgIpc) is 3.52. The maximum absolute atomic E-state index is 11.9. The molecule has 2 aromatic rings. The highest BCUT2D eigenvalue weighted by atomic mass is 79.9. The minimum atomic E-state index is -0.265. The van der Waals surface area contributed by atoms with Crippen molar-refractivity contribution in [1.82, 2.24) is 16.0 Å². The zero-order valence-electron chi connectivity index (χ0n) is 26.4. The van der Waals surface area contributed by atoms with Gasteiger partial charge in [0.2, 0.25) is 0 Å². The number of amides is 4. The third-order valence-electron chi connectivity index (χ3n) is 8.76. The number of morpholine rings is 1. The van der Waals surface area contributed by atoms with Gasteiger partial charge in [0, 0.05) is 18.4 Å². The molecule has 45 heavy (non-hydrogen) atoms. The summed E-state index contributed by atoms with van der Waals surface area (Å²) in [7, 11) is 0. The molecule has 9 heteroatoms. The third-order valence-corrected chi connectivity index (χ3v) is 9.32. The van der Waals surface area contributed by atoms with Gasteiger partial charge in [-0.25, -0.2) is 0 Å². The van der Waals surface area contributed by atoms with Gasteiger partial charge >= 0.3 is 0 Å². The zero-order valence-corrected chi connectivity index (χ0v) is 28.0. The summed E-state index contributed by atoms with van der Waals surface area (Å²) in [5, 5.41) is 9.20. The summed E-state index contributed by atoms with van der Waals surface area (Å²) in [4.78, 5) is 46.9. The molecule has 0 aliphatic carbocycles. The molecule has 3 aliphatic rings. The Morgan fingerprint density at radius 2 is 1.11 bits per heavy atom. The molecule has 1 atom stereocenters. The molecule has 0 saturated carbocycles. The van der Waals surface area contributed by atoms with Gasteiger partial charge in [0.15, 0.2) is 0 Å². The number of hydrogen-bond acceptors (Lipinski definition) is 6. The van der Waals surface area contributed by atoms with Crippen molar-refractivity contribution in [1.29, 1.82) is 0 Å². The van der Waals surface area contributed by atoms with Crippen LogP contribution in [0.15, 0.2) is 36.4 Å². The molecule has 0 bridgehead atoms. The SMILES string of the molecule is O=C1NC(=O)c2c(CCCCCCCCBr)cccc21.O=C1NC(=O)c2c(CCCCCCCCC3CNCCO3)cccc21. The van der Waals surface area contributed by atoms with Gasteiger partial charge in [-0.3, -0.25) is 29.8 Å². The van der Waals surface area contributed by atoms with Crippen molar-refractivity contribution in [2.24, 2.45) is 0 Å². The molecule has 3 aliphatic heterocycles. The topological polar surface area (TPSA) is 114 Å². The average molecular weight is 683 g/mol. The maximum Gasteiger partial charge on any atom is 0.259 e. The highest BCUT2D eigenvalue weighted by Gasteiger charge is 2.29. The quantitative estimate of drug-likeness (QED) is 0.0975. The number of carbonyl (C=O) groups excluding carboxylic acids is 4. The number of unbranched alkanes of at least 4 members (excludes halogenated alkanes) is 10. The van der Waals surface area contributed by atoms with Crippen LogP contribution < -0.4 is 16.0 Å². The summed E-state index contributed by atoms with van der Waals surface area (Å²) < 4.78 is 5.71. The van der Waals surface area contributed by atoms with Crippen molar-refractivity contribution in [3.8, 4) is 0 Å². The standard InChI is InChI=1S/C20H28N2O3.C16H20BrNO2/c23-19-17-11-7-9-15(18(17)20(24)22-19)8-5-3-1-2-4-6-10-16-14-21-12-13-25-16;17-11-6-4-2-1-3-5-8-12-9-7-10-13-14(12)16(20)18-15(13)19/h7,9,11,16,21H,1-6,8,10,12-14H2,(H,22,23,24);7,9-10H,1-6,8,11H2,(H,18,19,20). The van der Waals surface area contributed by atoms with Gasteiger partial charge < -0.3 is 10.1 Å². The van der Waals surface area contributed by atoms with Gasteiger partial charge in [0.25, 0.3) is 23.6 Å². The van der Waals surface area contributed by atoms with Gasteiger partial charge in [0.1, 0.15) is 0 Å². The first-order chi connectivity index (χ1) is 22.0. The Bertz CT molecular complexity index is 1310. The number of nitrogens with one attached hydrogen (secondary N) is 3. The fourth-order valence-electron chi connectivity index (χ4n) is 6.31. The smallest absolute Gasteiger partial charge is 0.259 e. The van der Waals surface area contributed by atoms with Crippen molar-refractivity contribution < 1.29 is 23.9 Å². The van der Waals surface area contributed by atoms with Crippen LogP contribution in [-0.2, 0) is 17.6 Å². The number of ether oxygens (including phenoxy) is 1. The number of aryl methyl sites for hydroxylation is 2. The van der Waals surface area contributed by atoms with E-state index in [1.165, 1.54) is 64.2 Å². The van der Waals surface area contributed by atoms with Crippen LogP contribution in [0.25, 0.3) is 0 Å². The molecule has 3 heterocycles. The number of hydrogen-bond donors (Lipinski definition) is 3. The molecule has 5 rings (SSSR count). The van der Waals surface area contributed by atoms with Crippen LogP contribution in [0.2, 0.25) is 0 Å². The first kappa shape index (κ1) is 35.0. The second kappa shape index (κ2) is 18.9. The molecular weight excluding hydrogens is 634 g/mol. The molecule has 1 fully saturated rings. The number of imide groups is 2. The molecule has 8 nitrogen and oxygen atoms in total. The number of halogens is 1. The highest BCUT2D eigenvalue weighted by Crippen LogP contribution is 2.23.